The molecule has 362 valence electrons. The number of ether oxygens (including phenoxy) is 1. The smallest absolute Gasteiger partial charge is 0.295 e. The molecule has 2 amide bonds. The average molecular weight is 963 g/mol. The van der Waals surface area contributed by atoms with Gasteiger partial charge in [0.15, 0.2) is 23.3 Å². The van der Waals surface area contributed by atoms with Crippen LogP contribution in [0.2, 0.25) is 0 Å². The highest BCUT2D eigenvalue weighted by atomic mass is 19.1. The Morgan fingerprint density at radius 3 is 1.70 bits per heavy atom. The second kappa shape index (κ2) is 20.6. The molecule has 0 atom stereocenters. The van der Waals surface area contributed by atoms with Crippen molar-refractivity contribution in [3.63, 3.8) is 0 Å². The Kier molecular flexibility index (Phi) is 13.6. The number of aromatic amines is 2. The maximum atomic E-state index is 14.7. The van der Waals surface area contributed by atoms with Gasteiger partial charge in [0.25, 0.3) is 23.4 Å². The topological polar surface area (TPSA) is 243 Å². The van der Waals surface area contributed by atoms with Gasteiger partial charge in [-0.1, -0.05) is 71.0 Å². The second-order valence-corrected chi connectivity index (χ2v) is 16.2. The van der Waals surface area contributed by atoms with Crippen LogP contribution < -0.4 is 4.74 Å². The number of methoxy groups -OCH3 is 1. The molecule has 2 aromatic carbocycles. The molecule has 23 heteroatoms. The average Bonchev–Trinajstić information content (AvgIpc) is 4.27. The SMILES string of the molecule is CN=C(c1ccccc1)N1CCN(C(=O)C(=O)c2c[nH]c3c(-n4ccnn4)ncc(F)c23)CC1.CON=C(c1ccccc1)N1CCN(C(=O)C(=O)c2c[nH]c3c(-n4cnc(C)n4)ncc(OC)c23)CC1. The number of rotatable bonds is 10. The number of carbonyl (C=O) groups excluding carboxylic acids is 4. The van der Waals surface area contributed by atoms with Crippen LogP contribution in [0.1, 0.15) is 37.7 Å². The number of carbonyl (C=O) groups is 4. The molecule has 2 fully saturated rings. The highest BCUT2D eigenvalue weighted by Gasteiger charge is 2.33. The van der Waals surface area contributed by atoms with Crippen molar-refractivity contribution in [2.24, 2.45) is 10.1 Å². The van der Waals surface area contributed by atoms with E-state index in [-0.39, 0.29) is 27.8 Å². The number of fused-ring (bicyclic) bond motifs is 2. The number of aliphatic imine (C=N–C) groups is 1. The van der Waals surface area contributed by atoms with E-state index in [0.29, 0.717) is 86.5 Å². The maximum Gasteiger partial charge on any atom is 0.295 e. The van der Waals surface area contributed by atoms with Gasteiger partial charge in [-0.15, -0.1) is 5.10 Å². The Labute approximate surface area is 404 Å². The fourth-order valence-corrected chi connectivity index (χ4v) is 8.60. The molecule has 0 radical (unpaired) electrons. The minimum Gasteiger partial charge on any atom is -0.494 e. The zero-order chi connectivity index (χ0) is 49.6. The summed E-state index contributed by atoms with van der Waals surface area (Å²) in [5.74, 6) is -0.152. The van der Waals surface area contributed by atoms with Gasteiger partial charge in [-0.05, 0) is 6.92 Å². The third-order valence-corrected chi connectivity index (χ3v) is 12.0. The number of amidine groups is 2. The van der Waals surface area contributed by atoms with Crippen LogP contribution in [-0.4, -0.2) is 178 Å². The summed E-state index contributed by atoms with van der Waals surface area (Å²) in [5.41, 5.74) is 2.87. The largest absolute Gasteiger partial charge is 0.494 e. The van der Waals surface area contributed by atoms with Crippen molar-refractivity contribution in [2.45, 2.75) is 6.92 Å². The Morgan fingerprint density at radius 1 is 0.662 bits per heavy atom. The van der Waals surface area contributed by atoms with E-state index in [4.69, 9.17) is 9.57 Å². The molecule has 0 bridgehead atoms. The second-order valence-electron chi connectivity index (χ2n) is 16.2. The van der Waals surface area contributed by atoms with E-state index in [1.165, 1.54) is 59.6 Å². The third kappa shape index (κ3) is 9.39. The van der Waals surface area contributed by atoms with Crippen molar-refractivity contribution in [3.8, 4) is 17.4 Å². The predicted molar refractivity (Wildman–Crippen MR) is 257 cm³/mol. The standard InChI is InChI=1S/C25H26N8O4.C23H21FN8O2/c1-16-28-15-33(29-16)24-21-20(19(36-2)14-27-24)18(13-26-21)22(34)25(35)32-11-9-31(10-12-32)23(30-37-3)17-7-5-4-6-8-17;1-25-21(15-5-3-2-4-6-15)30-9-11-31(12-10-30)23(34)20(33)16-13-26-19-18(16)17(24)14-27-22(19)32-8-7-28-29-32/h4-8,13-15,26H,9-12H2,1-3H3;2-8,13-14,26H,9-12H2,1H3. The predicted octanol–water partition coefficient (Wildman–Crippen LogP) is 3.48. The first-order valence-corrected chi connectivity index (χ1v) is 22.4. The minimum absolute atomic E-state index is 0.00182. The van der Waals surface area contributed by atoms with Crippen LogP contribution in [0.15, 0.2) is 114 Å². The Morgan fingerprint density at radius 2 is 1.18 bits per heavy atom. The summed E-state index contributed by atoms with van der Waals surface area (Å²) < 4.78 is 23.0. The van der Waals surface area contributed by atoms with E-state index in [0.717, 1.165) is 23.2 Å². The van der Waals surface area contributed by atoms with Gasteiger partial charge in [-0.3, -0.25) is 24.2 Å². The van der Waals surface area contributed by atoms with Gasteiger partial charge in [-0.25, -0.2) is 28.7 Å². The van der Waals surface area contributed by atoms with Gasteiger partial charge in [0, 0.05) is 82.9 Å². The number of piperazine rings is 2. The number of nitrogens with one attached hydrogen (secondary N) is 2. The molecule has 10 rings (SSSR count). The van der Waals surface area contributed by atoms with E-state index in [2.05, 4.69) is 55.4 Å². The number of aryl methyl sites for hydroxylation is 1. The van der Waals surface area contributed by atoms with Crippen LogP contribution in [0.25, 0.3) is 33.4 Å². The van der Waals surface area contributed by atoms with Crippen LogP contribution in [0.3, 0.4) is 0 Å². The number of hydrogen-bond donors (Lipinski definition) is 2. The lowest BCUT2D eigenvalue weighted by Gasteiger charge is -2.36. The summed E-state index contributed by atoms with van der Waals surface area (Å²) in [7, 11) is 4.73. The first-order chi connectivity index (χ1) is 34.6. The Hall–Kier alpha value is -9.15. The van der Waals surface area contributed by atoms with Gasteiger partial charge in [0.2, 0.25) is 0 Å². The van der Waals surface area contributed by atoms with Crippen LogP contribution in [-0.2, 0) is 14.4 Å². The van der Waals surface area contributed by atoms with E-state index < -0.39 is 29.2 Å². The Balaban J connectivity index is 0.000000176. The quantitative estimate of drug-likeness (QED) is 0.0656. The van der Waals surface area contributed by atoms with Crippen molar-refractivity contribution >= 4 is 56.9 Å². The molecule has 71 heavy (non-hydrogen) atoms. The number of benzene rings is 2. The maximum absolute atomic E-state index is 14.7. The normalized spacial score (nSPS) is 14.4. The zero-order valence-corrected chi connectivity index (χ0v) is 39.1. The molecule has 0 spiro atoms. The molecule has 6 aromatic heterocycles. The summed E-state index contributed by atoms with van der Waals surface area (Å²) in [6.45, 7) is 5.28. The van der Waals surface area contributed by atoms with Crippen molar-refractivity contribution in [2.75, 3.05) is 73.6 Å². The number of hydrogen-bond acceptors (Lipinski definition) is 14. The first-order valence-electron chi connectivity index (χ1n) is 22.4. The van der Waals surface area contributed by atoms with E-state index in [9.17, 15) is 23.6 Å². The van der Waals surface area contributed by atoms with E-state index in [1.54, 1.807) is 25.1 Å². The number of halogens is 1. The molecular formula is C48H47FN16O6. The van der Waals surface area contributed by atoms with Gasteiger partial charge >= 0.3 is 0 Å². The monoisotopic (exact) mass is 962 g/mol. The molecule has 0 saturated carbocycles. The minimum atomic E-state index is -0.776. The summed E-state index contributed by atoms with van der Waals surface area (Å²) in [6.07, 6.45) is 9.90. The fourth-order valence-electron chi connectivity index (χ4n) is 8.60. The molecule has 2 aliphatic heterocycles. The number of aromatic nitrogens is 10. The molecule has 2 saturated heterocycles. The highest BCUT2D eigenvalue weighted by molar-refractivity contribution is 6.45. The summed E-state index contributed by atoms with van der Waals surface area (Å²) >= 11 is 0. The molecule has 8 heterocycles. The summed E-state index contributed by atoms with van der Waals surface area (Å²) in [6, 6.07) is 19.5. The van der Waals surface area contributed by atoms with E-state index >= 15 is 0 Å². The van der Waals surface area contributed by atoms with Crippen LogP contribution >= 0.6 is 0 Å². The fraction of sp³-hybridized carbons (Fsp3) is 0.250. The highest BCUT2D eigenvalue weighted by Crippen LogP contribution is 2.32. The number of amides is 2. The lowest BCUT2D eigenvalue weighted by molar-refractivity contribution is -0.128. The lowest BCUT2D eigenvalue weighted by atomic mass is 10.1. The summed E-state index contributed by atoms with van der Waals surface area (Å²) in [4.78, 5) is 88.0. The number of Topliss-reactive ketones (excluding diaryl/α,β-unsaturated/α-hetero) is 2. The number of nitrogens with zero attached hydrogens (tertiary/aromatic N) is 14. The molecule has 2 N–H and O–H groups in total. The first kappa shape index (κ1) is 46.9. The Bertz CT molecular complexity index is 3280. The van der Waals surface area contributed by atoms with Crippen LogP contribution in [0.4, 0.5) is 4.39 Å². The lowest BCUT2D eigenvalue weighted by Crippen LogP contribution is -2.52. The number of ketones is 2. The number of H-pyrrole nitrogens is 2. The molecular weight excluding hydrogens is 916 g/mol. The number of oxime groups is 1. The molecule has 0 unspecified atom stereocenters. The molecule has 8 aromatic rings. The van der Waals surface area contributed by atoms with Crippen LogP contribution in [0, 0.1) is 12.7 Å². The third-order valence-electron chi connectivity index (χ3n) is 12.0. The molecule has 0 aliphatic carbocycles. The van der Waals surface area contributed by atoms with Crippen LogP contribution in [0.5, 0.6) is 5.75 Å². The van der Waals surface area contributed by atoms with Gasteiger partial charge in [0.05, 0.1) is 64.8 Å². The van der Waals surface area contributed by atoms with Crippen molar-refractivity contribution in [3.05, 3.63) is 138 Å². The molecule has 2 aliphatic rings. The van der Waals surface area contributed by atoms with Crippen molar-refractivity contribution in [1.82, 2.24) is 69.3 Å². The summed E-state index contributed by atoms with van der Waals surface area (Å²) in [5, 5.41) is 16.6. The van der Waals surface area contributed by atoms with Gasteiger partial charge < -0.3 is 39.1 Å². The van der Waals surface area contributed by atoms with Crippen molar-refractivity contribution in [1.29, 1.82) is 0 Å². The van der Waals surface area contributed by atoms with Gasteiger partial charge in [-0.2, -0.15) is 5.10 Å². The van der Waals surface area contributed by atoms with E-state index in [1.807, 2.05) is 65.6 Å². The van der Waals surface area contributed by atoms with Crippen molar-refractivity contribution < 1.29 is 33.1 Å². The molecule has 22 nitrogen and oxygen atoms in total. The van der Waals surface area contributed by atoms with Gasteiger partial charge in [0.1, 0.15) is 30.8 Å². The number of pyridine rings is 2. The zero-order valence-electron chi connectivity index (χ0n) is 39.1.